The van der Waals surface area contributed by atoms with Crippen LogP contribution in [0.2, 0.25) is 0 Å². The summed E-state index contributed by atoms with van der Waals surface area (Å²) in [6.07, 6.45) is -0.800. The molecule has 0 aliphatic carbocycles. The lowest BCUT2D eigenvalue weighted by Crippen LogP contribution is -2.43. The van der Waals surface area contributed by atoms with Gasteiger partial charge < -0.3 is 15.1 Å². The first-order valence-electron chi connectivity index (χ1n) is 4.71. The number of carbonyl (C=O) groups is 2. The number of aromatic nitrogens is 3. The van der Waals surface area contributed by atoms with Gasteiger partial charge >= 0.3 is 12.0 Å². The van der Waals surface area contributed by atoms with E-state index in [4.69, 9.17) is 5.11 Å². The van der Waals surface area contributed by atoms with E-state index in [9.17, 15) is 14.7 Å². The fraction of sp³-hybridized carbons (Fsp3) is 0.571. The molecule has 1 fully saturated rings. The van der Waals surface area contributed by atoms with Crippen molar-refractivity contribution in [2.75, 3.05) is 11.9 Å². The van der Waals surface area contributed by atoms with Crippen LogP contribution in [-0.4, -0.2) is 60.6 Å². The molecular weight excluding hydrogens is 250 g/mol. The van der Waals surface area contributed by atoms with Crippen molar-refractivity contribution in [2.45, 2.75) is 18.6 Å². The van der Waals surface area contributed by atoms with Crippen LogP contribution in [0.5, 0.6) is 0 Å². The Balaban J connectivity index is 2.05. The number of likely N-dealkylation sites (tertiary alicyclic amines) is 1. The van der Waals surface area contributed by atoms with Crippen LogP contribution in [0.15, 0.2) is 0 Å². The molecular formula is C7H9N5O4S. The van der Waals surface area contributed by atoms with Gasteiger partial charge in [0.15, 0.2) is 0 Å². The first-order chi connectivity index (χ1) is 8.08. The maximum absolute atomic E-state index is 11.7. The summed E-state index contributed by atoms with van der Waals surface area (Å²) in [5.41, 5.74) is 0. The molecule has 0 spiro atoms. The summed E-state index contributed by atoms with van der Waals surface area (Å²) in [4.78, 5) is 23.7. The van der Waals surface area contributed by atoms with E-state index >= 15 is 0 Å². The largest absolute Gasteiger partial charge is 0.480 e. The minimum absolute atomic E-state index is 0.0188. The van der Waals surface area contributed by atoms with Gasteiger partial charge in [0.25, 0.3) is 0 Å². The molecule has 0 unspecified atom stereocenters. The molecule has 1 aromatic rings. The Kier molecular flexibility index (Phi) is 3.15. The maximum Gasteiger partial charge on any atom is 0.326 e. The van der Waals surface area contributed by atoms with Crippen LogP contribution in [0.1, 0.15) is 6.42 Å². The first kappa shape index (κ1) is 11.7. The van der Waals surface area contributed by atoms with Gasteiger partial charge in [-0.1, -0.05) is 9.59 Å². The lowest BCUT2D eigenvalue weighted by atomic mass is 10.2. The molecule has 2 heterocycles. The van der Waals surface area contributed by atoms with Gasteiger partial charge in [-0.05, 0) is 5.21 Å². The summed E-state index contributed by atoms with van der Waals surface area (Å²) < 4.78 is 3.45. The molecule has 10 heteroatoms. The number of carbonyl (C=O) groups excluding carboxylic acids is 1. The monoisotopic (exact) mass is 259 g/mol. The predicted octanol–water partition coefficient (Wildman–Crippen LogP) is -1.02. The van der Waals surface area contributed by atoms with Crippen molar-refractivity contribution in [2.24, 2.45) is 0 Å². The molecule has 1 aromatic heterocycles. The number of carboxylic acids is 1. The molecule has 17 heavy (non-hydrogen) atoms. The molecule has 3 N–H and O–H groups in total. The lowest BCUT2D eigenvalue weighted by molar-refractivity contribution is -0.141. The molecule has 0 radical (unpaired) electrons. The molecule has 0 bridgehead atoms. The number of aliphatic hydroxyl groups is 1. The Labute approximate surface area is 99.2 Å². The van der Waals surface area contributed by atoms with Crippen LogP contribution in [0.4, 0.5) is 9.93 Å². The van der Waals surface area contributed by atoms with Crippen molar-refractivity contribution in [3.8, 4) is 0 Å². The van der Waals surface area contributed by atoms with Crippen LogP contribution in [0.25, 0.3) is 0 Å². The van der Waals surface area contributed by atoms with Crippen molar-refractivity contribution in [1.82, 2.24) is 19.7 Å². The second-order valence-corrected chi connectivity index (χ2v) is 4.23. The number of hydrogen-bond acceptors (Lipinski definition) is 7. The number of hydrogen-bond donors (Lipinski definition) is 3. The van der Waals surface area contributed by atoms with E-state index in [2.05, 4.69) is 20.1 Å². The maximum atomic E-state index is 11.7. The molecule has 1 aliphatic rings. The minimum atomic E-state index is -1.15. The average Bonchev–Trinajstić information content (AvgIpc) is 2.86. The molecule has 2 atom stereocenters. The van der Waals surface area contributed by atoms with Gasteiger partial charge in [-0.15, -0.1) is 0 Å². The molecule has 2 amide bonds. The Hall–Kier alpha value is -1.81. The molecule has 9 nitrogen and oxygen atoms in total. The third-order valence-corrected chi connectivity index (χ3v) is 2.85. The van der Waals surface area contributed by atoms with Crippen molar-refractivity contribution < 1.29 is 19.8 Å². The summed E-state index contributed by atoms with van der Waals surface area (Å²) >= 11 is 0.880. The number of aliphatic hydroxyl groups excluding tert-OH is 1. The lowest BCUT2D eigenvalue weighted by Gasteiger charge is -2.20. The predicted molar refractivity (Wildman–Crippen MR) is 55.5 cm³/mol. The number of nitrogens with one attached hydrogen (secondary N) is 1. The number of rotatable bonds is 2. The Bertz CT molecular complexity index is 424. The second-order valence-electron chi connectivity index (χ2n) is 3.49. The van der Waals surface area contributed by atoms with Crippen LogP contribution in [0, 0.1) is 0 Å². The zero-order valence-electron chi connectivity index (χ0n) is 8.48. The summed E-state index contributed by atoms with van der Waals surface area (Å²) in [5.74, 6) is -1.15. The minimum Gasteiger partial charge on any atom is -0.480 e. The standard InChI is InChI=1S/C7H9N5O4S/c13-3-1-4(5(14)15)12(2-3)7(16)8-6-9-10-11-17-6/h3-4,13H,1-2H2,(H,14,15)(H,8,9,11,16)/t3-,4-/m0/s1. The number of β-amino-alcohol motifs (C(OH)–C–C–N with tert-alkyl or cyclic N) is 1. The third kappa shape index (κ3) is 2.47. The highest BCUT2D eigenvalue weighted by molar-refractivity contribution is 7.09. The Morgan fingerprint density at radius 1 is 1.53 bits per heavy atom. The van der Waals surface area contributed by atoms with Crippen LogP contribution in [-0.2, 0) is 4.79 Å². The van der Waals surface area contributed by atoms with E-state index in [1.165, 1.54) is 0 Å². The second kappa shape index (κ2) is 4.59. The zero-order chi connectivity index (χ0) is 12.4. The smallest absolute Gasteiger partial charge is 0.326 e. The van der Waals surface area contributed by atoms with Crippen LogP contribution < -0.4 is 5.32 Å². The van der Waals surface area contributed by atoms with E-state index in [1.807, 2.05) is 0 Å². The third-order valence-electron chi connectivity index (χ3n) is 2.34. The van der Waals surface area contributed by atoms with Gasteiger partial charge in [0.05, 0.1) is 6.10 Å². The molecule has 2 rings (SSSR count). The van der Waals surface area contributed by atoms with Gasteiger partial charge in [0, 0.05) is 24.5 Å². The van der Waals surface area contributed by atoms with E-state index in [0.29, 0.717) is 0 Å². The fourth-order valence-corrected chi connectivity index (χ4v) is 1.97. The normalized spacial score (nSPS) is 23.7. The number of nitrogens with zero attached hydrogens (tertiary/aromatic N) is 4. The average molecular weight is 259 g/mol. The Morgan fingerprint density at radius 3 is 2.88 bits per heavy atom. The van der Waals surface area contributed by atoms with Gasteiger partial charge in [-0.2, -0.15) is 0 Å². The van der Waals surface area contributed by atoms with Crippen molar-refractivity contribution in [3.63, 3.8) is 0 Å². The van der Waals surface area contributed by atoms with Gasteiger partial charge in [-0.25, -0.2) is 9.59 Å². The number of urea groups is 1. The van der Waals surface area contributed by atoms with E-state index in [1.54, 1.807) is 0 Å². The van der Waals surface area contributed by atoms with Crippen molar-refractivity contribution in [1.29, 1.82) is 0 Å². The molecule has 1 aliphatic heterocycles. The molecule has 92 valence electrons. The number of amides is 2. The van der Waals surface area contributed by atoms with E-state index in [-0.39, 0.29) is 18.1 Å². The van der Waals surface area contributed by atoms with Gasteiger partial charge in [0.2, 0.25) is 5.13 Å². The first-order valence-corrected chi connectivity index (χ1v) is 5.49. The topological polar surface area (TPSA) is 129 Å². The zero-order valence-corrected chi connectivity index (χ0v) is 9.29. The quantitative estimate of drug-likeness (QED) is 0.620. The summed E-state index contributed by atoms with van der Waals surface area (Å²) in [6, 6.07) is -1.65. The Morgan fingerprint density at radius 2 is 2.29 bits per heavy atom. The summed E-state index contributed by atoms with van der Waals surface area (Å²) in [5, 5.41) is 27.6. The van der Waals surface area contributed by atoms with E-state index in [0.717, 1.165) is 16.4 Å². The van der Waals surface area contributed by atoms with Gasteiger partial charge in [-0.3, -0.25) is 5.32 Å². The number of anilines is 1. The van der Waals surface area contributed by atoms with Crippen molar-refractivity contribution >= 4 is 28.7 Å². The highest BCUT2D eigenvalue weighted by Crippen LogP contribution is 2.19. The van der Waals surface area contributed by atoms with Gasteiger partial charge in [0.1, 0.15) is 6.04 Å². The van der Waals surface area contributed by atoms with E-state index < -0.39 is 24.1 Å². The summed E-state index contributed by atoms with van der Waals surface area (Å²) in [6.45, 7) is -0.0188. The SMILES string of the molecule is O=C(O)[C@@H]1C[C@H](O)CN1C(=O)Nc1nnns1. The van der Waals surface area contributed by atoms with Crippen LogP contribution in [0.3, 0.4) is 0 Å². The van der Waals surface area contributed by atoms with Crippen molar-refractivity contribution in [3.05, 3.63) is 0 Å². The molecule has 0 aromatic carbocycles. The highest BCUT2D eigenvalue weighted by Gasteiger charge is 2.39. The van der Waals surface area contributed by atoms with Crippen LogP contribution >= 0.6 is 11.5 Å². The fourth-order valence-electron chi connectivity index (χ4n) is 1.62. The highest BCUT2D eigenvalue weighted by atomic mass is 32.1. The summed E-state index contributed by atoms with van der Waals surface area (Å²) in [7, 11) is 0. The molecule has 0 saturated carbocycles. The number of aliphatic carboxylic acids is 1. The number of carboxylic acid groups (broad SMARTS) is 1. The molecule has 1 saturated heterocycles.